The molecular weight excluding hydrogens is 474 g/mol. The second-order valence-electron chi connectivity index (χ2n) is 8.86. The highest BCUT2D eigenvalue weighted by molar-refractivity contribution is 5.94. The maximum atomic E-state index is 13.1. The molecule has 0 saturated carbocycles. The summed E-state index contributed by atoms with van der Waals surface area (Å²) in [5.74, 6) is -4.84. The topological polar surface area (TPSA) is 238 Å². The van der Waals surface area contributed by atoms with Crippen molar-refractivity contribution < 1.29 is 34.2 Å². The second kappa shape index (κ2) is 15.5. The molecule has 0 radical (unpaired) electrons. The lowest BCUT2D eigenvalue weighted by atomic mass is 9.98. The first-order chi connectivity index (χ1) is 17.0. The lowest BCUT2D eigenvalue weighted by molar-refractivity contribution is -0.144. The largest absolute Gasteiger partial charge is 0.481 e. The number of nitrogens with one attached hydrogen (secondary N) is 4. The Bertz CT molecular complexity index is 811. The summed E-state index contributed by atoms with van der Waals surface area (Å²) in [5.41, 5.74) is 10.6. The first kappa shape index (κ1) is 30.6. The molecule has 1 aliphatic rings. The fourth-order valence-corrected chi connectivity index (χ4v) is 3.70. The highest BCUT2D eigenvalue weighted by Crippen LogP contribution is 2.11. The lowest BCUT2D eigenvalue weighted by Gasteiger charge is -2.26. The molecule has 14 nitrogen and oxygen atoms in total. The molecule has 1 saturated heterocycles. The Morgan fingerprint density at radius 1 is 1.03 bits per heavy atom. The Morgan fingerprint density at radius 3 is 2.19 bits per heavy atom. The molecule has 5 unspecified atom stereocenters. The van der Waals surface area contributed by atoms with Gasteiger partial charge in [0.05, 0.1) is 6.04 Å². The molecular formula is C22H39N7O7. The molecule has 0 aliphatic carbocycles. The third kappa shape index (κ3) is 10.9. The number of carbonyl (C=O) groups excluding carboxylic acids is 3. The van der Waals surface area contributed by atoms with Crippen LogP contribution in [0.3, 0.4) is 0 Å². The number of aliphatic imine (C=N–C) groups is 1. The van der Waals surface area contributed by atoms with Crippen molar-refractivity contribution in [3.63, 3.8) is 0 Å². The van der Waals surface area contributed by atoms with Crippen LogP contribution in [-0.2, 0) is 24.0 Å². The van der Waals surface area contributed by atoms with Gasteiger partial charge >= 0.3 is 11.9 Å². The SMILES string of the molecule is CCC(C)C(NC(=O)C(CCC(=O)O)NC(=O)C(CCCN=C(N)N)NC(=O)C1CCCN1)C(=O)O. The van der Waals surface area contributed by atoms with Crippen LogP contribution in [0.4, 0.5) is 0 Å². The van der Waals surface area contributed by atoms with E-state index < -0.39 is 60.3 Å². The monoisotopic (exact) mass is 513 g/mol. The molecule has 3 amide bonds. The van der Waals surface area contributed by atoms with Gasteiger partial charge in [0.25, 0.3) is 0 Å². The predicted octanol–water partition coefficient (Wildman–Crippen LogP) is -1.76. The van der Waals surface area contributed by atoms with E-state index in [9.17, 15) is 29.1 Å². The van der Waals surface area contributed by atoms with Crippen LogP contribution in [0.2, 0.25) is 0 Å². The quantitative estimate of drug-likeness (QED) is 0.0657. The molecule has 10 N–H and O–H groups in total. The standard InChI is InChI=1S/C22H39N7O7/c1-3-12(2)17(21(35)36)29-20(34)15(8-9-16(30)31)28-19(33)14(7-5-11-26-22(23)24)27-18(32)13-6-4-10-25-13/h12-15,17,25H,3-11H2,1-2H3,(H,27,32)(H,28,33)(H,29,34)(H,30,31)(H,35,36)(H4,23,24,26). The molecule has 0 aromatic heterocycles. The zero-order chi connectivity index (χ0) is 27.3. The smallest absolute Gasteiger partial charge is 0.326 e. The fourth-order valence-electron chi connectivity index (χ4n) is 3.70. The van der Waals surface area contributed by atoms with E-state index >= 15 is 0 Å². The van der Waals surface area contributed by atoms with Crippen LogP contribution >= 0.6 is 0 Å². The minimum atomic E-state index is -1.32. The van der Waals surface area contributed by atoms with Crippen LogP contribution in [0.25, 0.3) is 0 Å². The van der Waals surface area contributed by atoms with Gasteiger partial charge in [-0.05, 0) is 44.6 Å². The van der Waals surface area contributed by atoms with Crippen molar-refractivity contribution in [1.82, 2.24) is 21.3 Å². The Morgan fingerprint density at radius 2 is 1.67 bits per heavy atom. The van der Waals surface area contributed by atoms with Gasteiger partial charge in [0.1, 0.15) is 18.1 Å². The van der Waals surface area contributed by atoms with Crippen molar-refractivity contribution >= 4 is 35.6 Å². The molecule has 1 aliphatic heterocycles. The molecule has 14 heteroatoms. The Kier molecular flexibility index (Phi) is 13.2. The van der Waals surface area contributed by atoms with Crippen molar-refractivity contribution in [2.75, 3.05) is 13.1 Å². The van der Waals surface area contributed by atoms with Gasteiger partial charge < -0.3 is 42.9 Å². The number of hydrogen-bond acceptors (Lipinski definition) is 7. The van der Waals surface area contributed by atoms with Gasteiger partial charge in [-0.3, -0.25) is 24.2 Å². The average molecular weight is 514 g/mol. The Balaban J connectivity index is 3.00. The number of rotatable bonds is 16. The van der Waals surface area contributed by atoms with Crippen LogP contribution in [-0.4, -0.2) is 83.1 Å². The number of carbonyl (C=O) groups is 5. The summed E-state index contributed by atoms with van der Waals surface area (Å²) >= 11 is 0. The van der Waals surface area contributed by atoms with Crippen LogP contribution in [0.15, 0.2) is 4.99 Å². The van der Waals surface area contributed by atoms with E-state index in [0.29, 0.717) is 25.8 Å². The first-order valence-electron chi connectivity index (χ1n) is 12.1. The number of hydrogen-bond donors (Lipinski definition) is 8. The van der Waals surface area contributed by atoms with Crippen LogP contribution in [0.1, 0.15) is 58.8 Å². The maximum absolute atomic E-state index is 13.1. The van der Waals surface area contributed by atoms with Crippen molar-refractivity contribution in [3.05, 3.63) is 0 Å². The van der Waals surface area contributed by atoms with E-state index in [4.69, 9.17) is 16.6 Å². The van der Waals surface area contributed by atoms with Crippen LogP contribution in [0.5, 0.6) is 0 Å². The summed E-state index contributed by atoms with van der Waals surface area (Å²) in [6, 6.07) is -4.02. The zero-order valence-corrected chi connectivity index (χ0v) is 20.8. The van der Waals surface area contributed by atoms with E-state index in [1.165, 1.54) is 0 Å². The summed E-state index contributed by atoms with van der Waals surface area (Å²) in [4.78, 5) is 65.2. The summed E-state index contributed by atoms with van der Waals surface area (Å²) in [7, 11) is 0. The zero-order valence-electron chi connectivity index (χ0n) is 20.8. The second-order valence-corrected chi connectivity index (χ2v) is 8.86. The molecule has 0 spiro atoms. The third-order valence-corrected chi connectivity index (χ3v) is 6.01. The van der Waals surface area contributed by atoms with Crippen LogP contribution in [0, 0.1) is 5.92 Å². The maximum Gasteiger partial charge on any atom is 0.326 e. The molecule has 1 fully saturated rings. The van der Waals surface area contributed by atoms with Gasteiger partial charge in [-0.2, -0.15) is 0 Å². The number of amides is 3. The van der Waals surface area contributed by atoms with E-state index in [0.717, 1.165) is 6.42 Å². The highest BCUT2D eigenvalue weighted by Gasteiger charge is 2.32. The number of nitrogens with zero attached hydrogens (tertiary/aromatic N) is 1. The molecule has 1 heterocycles. The number of nitrogens with two attached hydrogens (primary N) is 2. The van der Waals surface area contributed by atoms with E-state index in [-0.39, 0.29) is 31.3 Å². The summed E-state index contributed by atoms with van der Waals surface area (Å²) in [6.45, 7) is 4.31. The molecule has 1 rings (SSSR count). The Labute approximate surface area is 210 Å². The molecule has 0 aromatic carbocycles. The van der Waals surface area contributed by atoms with Crippen molar-refractivity contribution in [3.8, 4) is 0 Å². The van der Waals surface area contributed by atoms with E-state index in [2.05, 4.69) is 26.3 Å². The number of guanidine groups is 1. The summed E-state index contributed by atoms with van der Waals surface area (Å²) < 4.78 is 0. The number of aliphatic carboxylic acids is 2. The van der Waals surface area contributed by atoms with E-state index in [1.54, 1.807) is 13.8 Å². The normalized spacial score (nSPS) is 18.2. The molecule has 204 valence electrons. The molecule has 0 bridgehead atoms. The first-order valence-corrected chi connectivity index (χ1v) is 12.1. The summed E-state index contributed by atoms with van der Waals surface area (Å²) in [5, 5.41) is 29.2. The molecule has 5 atom stereocenters. The fraction of sp³-hybridized carbons (Fsp3) is 0.727. The van der Waals surface area contributed by atoms with Gasteiger partial charge in [0.15, 0.2) is 5.96 Å². The van der Waals surface area contributed by atoms with Gasteiger partial charge in [0.2, 0.25) is 17.7 Å². The van der Waals surface area contributed by atoms with Gasteiger partial charge in [-0.1, -0.05) is 20.3 Å². The summed E-state index contributed by atoms with van der Waals surface area (Å²) in [6.07, 6.45) is 1.70. The van der Waals surface area contributed by atoms with Crippen molar-refractivity contribution in [2.45, 2.75) is 83.0 Å². The minimum Gasteiger partial charge on any atom is -0.481 e. The van der Waals surface area contributed by atoms with E-state index in [1.807, 2.05) is 0 Å². The number of carboxylic acid groups (broad SMARTS) is 2. The van der Waals surface area contributed by atoms with Crippen molar-refractivity contribution in [1.29, 1.82) is 0 Å². The average Bonchev–Trinajstić information content (AvgIpc) is 3.35. The van der Waals surface area contributed by atoms with Crippen LogP contribution < -0.4 is 32.7 Å². The third-order valence-electron chi connectivity index (χ3n) is 6.01. The minimum absolute atomic E-state index is 0.116. The van der Waals surface area contributed by atoms with Gasteiger partial charge in [0, 0.05) is 13.0 Å². The lowest BCUT2D eigenvalue weighted by Crippen LogP contribution is -2.57. The van der Waals surface area contributed by atoms with Crippen molar-refractivity contribution in [2.24, 2.45) is 22.4 Å². The highest BCUT2D eigenvalue weighted by atomic mass is 16.4. The molecule has 36 heavy (non-hydrogen) atoms. The number of carboxylic acids is 2. The predicted molar refractivity (Wildman–Crippen MR) is 131 cm³/mol. The van der Waals surface area contributed by atoms with Gasteiger partial charge in [-0.15, -0.1) is 0 Å². The van der Waals surface area contributed by atoms with Gasteiger partial charge in [-0.25, -0.2) is 4.79 Å². The molecule has 0 aromatic rings. The Hall–Kier alpha value is -3.42.